The second-order valence-electron chi connectivity index (χ2n) is 7.28. The Bertz CT molecular complexity index is 735. The highest BCUT2D eigenvalue weighted by Gasteiger charge is 2.35. The summed E-state index contributed by atoms with van der Waals surface area (Å²) in [5, 5.41) is 35.7. The summed E-state index contributed by atoms with van der Waals surface area (Å²) >= 11 is 0. The van der Waals surface area contributed by atoms with Crippen LogP contribution in [0.1, 0.15) is 31.4 Å². The Labute approximate surface area is 176 Å². The van der Waals surface area contributed by atoms with Crippen molar-refractivity contribution >= 4 is 11.9 Å². The van der Waals surface area contributed by atoms with E-state index in [-0.39, 0.29) is 24.2 Å². The van der Waals surface area contributed by atoms with E-state index in [0.29, 0.717) is 6.07 Å². The Balaban J connectivity index is 0.000000407. The first-order chi connectivity index (χ1) is 14.3. The average Bonchev–Trinajstić information content (AvgIpc) is 3.19. The molecule has 0 radical (unpaired) electrons. The standard InChI is InChI=1S/C15H20F4N2.C4H6O6/c1-10(2)21(13-5-6-20-8-13)9-11-3-4-12(16)7-14(11)15(17,18)19;5-1(3(7)8)2(6)4(9)10/h3-4,7,10,13,20H,5-6,8-9H2,1-2H3;1-2,5-6H,(H,7,8)(H,9,10)/t13-;1-,2-/m01/s1. The quantitative estimate of drug-likeness (QED) is 0.390. The third-order valence-electron chi connectivity index (χ3n) is 4.70. The summed E-state index contributed by atoms with van der Waals surface area (Å²) in [6, 6.07) is 3.27. The summed E-state index contributed by atoms with van der Waals surface area (Å²) in [5.74, 6) is -4.39. The van der Waals surface area contributed by atoms with Crippen LogP contribution in [0.5, 0.6) is 0 Å². The van der Waals surface area contributed by atoms with Gasteiger partial charge in [-0.25, -0.2) is 14.0 Å². The first-order valence-corrected chi connectivity index (χ1v) is 9.39. The average molecular weight is 454 g/mol. The number of carboxylic acid groups (broad SMARTS) is 2. The fourth-order valence-electron chi connectivity index (χ4n) is 3.07. The van der Waals surface area contributed by atoms with Crippen molar-refractivity contribution < 1.29 is 47.6 Å². The molecule has 0 spiro atoms. The van der Waals surface area contributed by atoms with Gasteiger partial charge >= 0.3 is 18.1 Å². The molecule has 31 heavy (non-hydrogen) atoms. The van der Waals surface area contributed by atoms with Gasteiger partial charge in [0.2, 0.25) is 0 Å². The molecule has 3 atom stereocenters. The molecule has 2 rings (SSSR count). The third kappa shape index (κ3) is 8.05. The molecule has 1 fully saturated rings. The molecule has 176 valence electrons. The zero-order valence-corrected chi connectivity index (χ0v) is 16.9. The number of halogens is 4. The second-order valence-corrected chi connectivity index (χ2v) is 7.28. The molecule has 1 aliphatic heterocycles. The van der Waals surface area contributed by atoms with Crippen LogP contribution in [0, 0.1) is 5.82 Å². The molecule has 1 aliphatic rings. The zero-order chi connectivity index (χ0) is 23.9. The smallest absolute Gasteiger partial charge is 0.416 e. The number of hydrogen-bond acceptors (Lipinski definition) is 6. The van der Waals surface area contributed by atoms with Crippen molar-refractivity contribution in [1.29, 1.82) is 0 Å². The number of alkyl halides is 3. The first-order valence-electron chi connectivity index (χ1n) is 9.39. The fourth-order valence-corrected chi connectivity index (χ4v) is 3.07. The van der Waals surface area contributed by atoms with Crippen LogP contribution >= 0.6 is 0 Å². The molecule has 12 heteroatoms. The number of rotatable bonds is 7. The van der Waals surface area contributed by atoms with E-state index in [0.717, 1.165) is 25.6 Å². The van der Waals surface area contributed by atoms with Crippen molar-refractivity contribution in [2.45, 2.75) is 57.3 Å². The topological polar surface area (TPSA) is 130 Å². The lowest BCUT2D eigenvalue weighted by molar-refractivity contribution is -0.165. The number of carbonyl (C=O) groups is 2. The maximum absolute atomic E-state index is 13.2. The summed E-state index contributed by atoms with van der Waals surface area (Å²) in [4.78, 5) is 21.6. The molecule has 0 bridgehead atoms. The summed E-state index contributed by atoms with van der Waals surface area (Å²) < 4.78 is 52.3. The Kier molecular flexibility index (Phi) is 9.81. The van der Waals surface area contributed by atoms with Crippen LogP contribution in [0.4, 0.5) is 17.6 Å². The number of nitrogens with one attached hydrogen (secondary N) is 1. The molecule has 1 aromatic rings. The van der Waals surface area contributed by atoms with E-state index in [9.17, 15) is 27.2 Å². The Hall–Kier alpha value is -2.28. The lowest BCUT2D eigenvalue weighted by Crippen LogP contribution is -2.41. The number of aliphatic hydroxyl groups excluding tert-OH is 2. The van der Waals surface area contributed by atoms with Gasteiger partial charge in [-0.2, -0.15) is 13.2 Å². The van der Waals surface area contributed by atoms with Crippen molar-refractivity contribution in [3.05, 3.63) is 35.1 Å². The highest BCUT2D eigenvalue weighted by molar-refractivity contribution is 5.83. The number of benzene rings is 1. The summed E-state index contributed by atoms with van der Waals surface area (Å²) in [7, 11) is 0. The van der Waals surface area contributed by atoms with Gasteiger partial charge in [-0.3, -0.25) is 4.90 Å². The van der Waals surface area contributed by atoms with Crippen LogP contribution in [-0.4, -0.2) is 74.6 Å². The van der Waals surface area contributed by atoms with Gasteiger partial charge in [0.1, 0.15) is 5.82 Å². The van der Waals surface area contributed by atoms with Gasteiger partial charge < -0.3 is 25.7 Å². The van der Waals surface area contributed by atoms with Gasteiger partial charge in [-0.1, -0.05) is 6.07 Å². The van der Waals surface area contributed by atoms with Gasteiger partial charge in [0, 0.05) is 25.2 Å². The van der Waals surface area contributed by atoms with E-state index in [1.54, 1.807) is 0 Å². The molecule has 1 aromatic carbocycles. The predicted molar refractivity (Wildman–Crippen MR) is 101 cm³/mol. The van der Waals surface area contributed by atoms with E-state index < -0.39 is 41.7 Å². The number of hydrogen-bond donors (Lipinski definition) is 5. The van der Waals surface area contributed by atoms with E-state index >= 15 is 0 Å². The summed E-state index contributed by atoms with van der Waals surface area (Å²) in [6.07, 6.45) is -8.15. The monoisotopic (exact) mass is 454 g/mol. The number of carboxylic acids is 2. The van der Waals surface area contributed by atoms with Crippen molar-refractivity contribution in [2.24, 2.45) is 0 Å². The highest BCUT2D eigenvalue weighted by Crippen LogP contribution is 2.33. The van der Waals surface area contributed by atoms with Crippen molar-refractivity contribution in [3.63, 3.8) is 0 Å². The van der Waals surface area contributed by atoms with Crippen molar-refractivity contribution in [3.8, 4) is 0 Å². The molecule has 8 nitrogen and oxygen atoms in total. The number of aliphatic carboxylic acids is 2. The molecule has 0 amide bonds. The first kappa shape index (κ1) is 26.8. The Morgan fingerprint density at radius 3 is 2.10 bits per heavy atom. The fraction of sp³-hybridized carbons (Fsp3) is 0.579. The molecule has 1 saturated heterocycles. The van der Waals surface area contributed by atoms with Crippen molar-refractivity contribution in [1.82, 2.24) is 10.2 Å². The molecule has 0 unspecified atom stereocenters. The van der Waals surface area contributed by atoms with E-state index in [4.69, 9.17) is 20.4 Å². The lowest BCUT2D eigenvalue weighted by Gasteiger charge is -2.33. The Morgan fingerprint density at radius 1 is 1.16 bits per heavy atom. The van der Waals surface area contributed by atoms with Crippen LogP contribution in [0.2, 0.25) is 0 Å². The molecular formula is C19H26F4N2O6. The van der Waals surface area contributed by atoms with E-state index in [1.807, 2.05) is 18.7 Å². The van der Waals surface area contributed by atoms with Crippen LogP contribution in [0.25, 0.3) is 0 Å². The molecule has 1 heterocycles. The van der Waals surface area contributed by atoms with E-state index in [1.165, 1.54) is 6.07 Å². The molecular weight excluding hydrogens is 428 g/mol. The molecule has 0 aromatic heterocycles. The SMILES string of the molecule is CC(C)N(Cc1ccc(F)cc1C(F)(F)F)[C@H]1CCNC1.O=C(O)[C@H](O)[C@@H](O)C(=O)O. The zero-order valence-electron chi connectivity index (χ0n) is 16.9. The van der Waals surface area contributed by atoms with Crippen LogP contribution in [0.3, 0.4) is 0 Å². The minimum atomic E-state index is -4.53. The lowest BCUT2D eigenvalue weighted by atomic mass is 10.0. The van der Waals surface area contributed by atoms with E-state index in [2.05, 4.69) is 5.32 Å². The van der Waals surface area contributed by atoms with Crippen LogP contribution in [0.15, 0.2) is 18.2 Å². The van der Waals surface area contributed by atoms with Crippen LogP contribution in [-0.2, 0) is 22.3 Å². The number of nitrogens with zero attached hydrogens (tertiary/aromatic N) is 1. The molecule has 0 aliphatic carbocycles. The maximum Gasteiger partial charge on any atom is 0.416 e. The minimum Gasteiger partial charge on any atom is -0.479 e. The molecule has 0 saturated carbocycles. The second kappa shape index (κ2) is 11.4. The van der Waals surface area contributed by atoms with Gasteiger partial charge in [-0.05, 0) is 44.5 Å². The highest BCUT2D eigenvalue weighted by atomic mass is 19.4. The van der Waals surface area contributed by atoms with Gasteiger partial charge in [-0.15, -0.1) is 0 Å². The largest absolute Gasteiger partial charge is 0.479 e. The van der Waals surface area contributed by atoms with Crippen molar-refractivity contribution in [2.75, 3.05) is 13.1 Å². The third-order valence-corrected chi connectivity index (χ3v) is 4.70. The molecule has 5 N–H and O–H groups in total. The van der Waals surface area contributed by atoms with Gasteiger partial charge in [0.15, 0.2) is 12.2 Å². The maximum atomic E-state index is 13.2. The van der Waals surface area contributed by atoms with Gasteiger partial charge in [0.25, 0.3) is 0 Å². The normalized spacial score (nSPS) is 18.5. The predicted octanol–water partition coefficient (Wildman–Crippen LogP) is 1.29. The minimum absolute atomic E-state index is 0.126. The number of aliphatic hydroxyl groups is 2. The summed E-state index contributed by atoms with van der Waals surface area (Å²) in [5.41, 5.74) is -0.747. The van der Waals surface area contributed by atoms with Crippen LogP contribution < -0.4 is 5.32 Å². The van der Waals surface area contributed by atoms with Gasteiger partial charge in [0.05, 0.1) is 5.56 Å². The Morgan fingerprint density at radius 2 is 1.71 bits per heavy atom. The summed E-state index contributed by atoms with van der Waals surface area (Å²) in [6.45, 7) is 5.77.